The highest BCUT2D eigenvalue weighted by Gasteiger charge is 2.22. The quantitative estimate of drug-likeness (QED) is 0.679. The maximum atomic E-state index is 12.6. The van der Waals surface area contributed by atoms with Crippen molar-refractivity contribution >= 4 is 23.2 Å². The van der Waals surface area contributed by atoms with E-state index in [1.165, 1.54) is 10.4 Å². The Hall–Kier alpha value is -3.00. The fourth-order valence-corrected chi connectivity index (χ4v) is 4.47. The van der Waals surface area contributed by atoms with E-state index >= 15 is 0 Å². The number of nitrogens with zero attached hydrogens (tertiary/aromatic N) is 4. The van der Waals surface area contributed by atoms with Crippen molar-refractivity contribution in [2.45, 2.75) is 32.7 Å². The van der Waals surface area contributed by atoms with Crippen molar-refractivity contribution in [3.63, 3.8) is 0 Å². The molecule has 3 aromatic rings. The van der Waals surface area contributed by atoms with Gasteiger partial charge in [-0.15, -0.1) is 11.3 Å². The number of carbonyl (C=O) groups is 2. The molecule has 0 unspecified atom stereocenters. The van der Waals surface area contributed by atoms with E-state index in [0.29, 0.717) is 37.3 Å². The summed E-state index contributed by atoms with van der Waals surface area (Å²) in [5, 5.41) is 9.27. The molecule has 4 rings (SSSR count). The fourth-order valence-electron chi connectivity index (χ4n) is 3.58. The van der Waals surface area contributed by atoms with Gasteiger partial charge in [-0.2, -0.15) is 5.10 Å². The maximum Gasteiger partial charge on any atom is 0.254 e. The zero-order chi connectivity index (χ0) is 20.2. The molecule has 1 aliphatic rings. The van der Waals surface area contributed by atoms with Crippen molar-refractivity contribution in [3.05, 3.63) is 63.7 Å². The number of hydrogen-bond acceptors (Lipinski definition) is 5. The Balaban J connectivity index is 1.34. The molecule has 3 aromatic heterocycles. The van der Waals surface area contributed by atoms with Gasteiger partial charge in [0.05, 0.1) is 17.5 Å². The van der Waals surface area contributed by atoms with Crippen LogP contribution in [0, 0.1) is 0 Å². The Morgan fingerprint density at radius 3 is 2.97 bits per heavy atom. The predicted octanol–water partition coefficient (Wildman–Crippen LogP) is 2.60. The lowest BCUT2D eigenvalue weighted by Crippen LogP contribution is -2.37. The summed E-state index contributed by atoms with van der Waals surface area (Å²) in [4.78, 5) is 32.7. The molecule has 0 saturated carbocycles. The number of fused-ring (bicyclic) bond motifs is 1. The van der Waals surface area contributed by atoms with Crippen LogP contribution >= 0.6 is 11.3 Å². The topological polar surface area (TPSA) is 80.1 Å². The molecule has 0 aromatic carbocycles. The summed E-state index contributed by atoms with van der Waals surface area (Å²) >= 11 is 1.75. The number of pyridine rings is 1. The Morgan fingerprint density at radius 2 is 2.17 bits per heavy atom. The fraction of sp³-hybridized carbons (Fsp3) is 0.333. The first-order chi connectivity index (χ1) is 14.2. The molecule has 0 atom stereocenters. The van der Waals surface area contributed by atoms with Gasteiger partial charge in [-0.1, -0.05) is 13.0 Å². The minimum absolute atomic E-state index is 0.0713. The lowest BCUT2D eigenvalue weighted by molar-refractivity contribution is -0.131. The van der Waals surface area contributed by atoms with Crippen molar-refractivity contribution in [1.29, 1.82) is 0 Å². The van der Waals surface area contributed by atoms with E-state index in [1.54, 1.807) is 28.4 Å². The van der Waals surface area contributed by atoms with Crippen molar-refractivity contribution in [1.82, 2.24) is 25.0 Å². The van der Waals surface area contributed by atoms with Gasteiger partial charge in [0.25, 0.3) is 5.91 Å². The van der Waals surface area contributed by atoms with Gasteiger partial charge in [0, 0.05) is 37.1 Å². The minimum Gasteiger partial charge on any atom is -0.351 e. The van der Waals surface area contributed by atoms with Crippen LogP contribution in [0.15, 0.2) is 42.0 Å². The van der Waals surface area contributed by atoms with Crippen molar-refractivity contribution in [2.75, 3.05) is 13.1 Å². The molecule has 0 radical (unpaired) electrons. The molecule has 4 heterocycles. The van der Waals surface area contributed by atoms with Gasteiger partial charge in [0.1, 0.15) is 0 Å². The molecular formula is C21H23N5O2S. The molecule has 7 nitrogen and oxygen atoms in total. The van der Waals surface area contributed by atoms with Crippen LogP contribution in [0.25, 0.3) is 5.82 Å². The molecule has 1 aliphatic heterocycles. The second kappa shape index (κ2) is 8.57. The highest BCUT2D eigenvalue weighted by Crippen LogP contribution is 2.24. The van der Waals surface area contributed by atoms with Crippen LogP contribution in [-0.4, -0.2) is 44.6 Å². The minimum atomic E-state index is -0.212. The molecule has 0 saturated heterocycles. The molecule has 29 heavy (non-hydrogen) atoms. The first kappa shape index (κ1) is 19.3. The number of thiophene rings is 1. The number of rotatable bonds is 6. The summed E-state index contributed by atoms with van der Waals surface area (Å²) in [7, 11) is 0. The number of nitrogens with one attached hydrogen (secondary N) is 1. The second-order valence-corrected chi connectivity index (χ2v) is 7.90. The molecule has 0 spiro atoms. The van der Waals surface area contributed by atoms with Crippen LogP contribution in [0.1, 0.15) is 39.8 Å². The SMILES string of the molecule is CCc1c(C(=O)NCCC(=O)N2CCc3sccc3C2)cnn1-c1ccccn1. The van der Waals surface area contributed by atoms with Gasteiger partial charge in [-0.3, -0.25) is 9.59 Å². The van der Waals surface area contributed by atoms with E-state index < -0.39 is 0 Å². The normalized spacial score (nSPS) is 13.2. The third kappa shape index (κ3) is 4.07. The number of carbonyl (C=O) groups excluding carboxylic acids is 2. The van der Waals surface area contributed by atoms with Gasteiger partial charge < -0.3 is 10.2 Å². The molecule has 0 bridgehead atoms. The van der Waals surface area contributed by atoms with Crippen LogP contribution in [0.2, 0.25) is 0 Å². The summed E-state index contributed by atoms with van der Waals surface area (Å²) in [5.41, 5.74) is 2.56. The lowest BCUT2D eigenvalue weighted by Gasteiger charge is -2.27. The van der Waals surface area contributed by atoms with Gasteiger partial charge in [0.2, 0.25) is 5.91 Å². The highest BCUT2D eigenvalue weighted by molar-refractivity contribution is 7.10. The zero-order valence-corrected chi connectivity index (χ0v) is 17.1. The zero-order valence-electron chi connectivity index (χ0n) is 16.3. The Labute approximate surface area is 173 Å². The first-order valence-electron chi connectivity index (χ1n) is 9.77. The summed E-state index contributed by atoms with van der Waals surface area (Å²) in [6.07, 6.45) is 5.11. The van der Waals surface area contributed by atoms with Crippen molar-refractivity contribution in [3.8, 4) is 5.82 Å². The predicted molar refractivity (Wildman–Crippen MR) is 111 cm³/mol. The number of amides is 2. The number of hydrogen-bond donors (Lipinski definition) is 1. The third-order valence-electron chi connectivity index (χ3n) is 5.10. The summed E-state index contributed by atoms with van der Waals surface area (Å²) in [6, 6.07) is 7.66. The molecule has 0 fully saturated rings. The Kier molecular flexibility index (Phi) is 5.71. The summed E-state index contributed by atoms with van der Waals surface area (Å²) in [5.74, 6) is 0.536. The van der Waals surface area contributed by atoms with Gasteiger partial charge in [-0.05, 0) is 42.0 Å². The summed E-state index contributed by atoms with van der Waals surface area (Å²) in [6.45, 7) is 3.70. The Bertz CT molecular complexity index is 1010. The van der Waals surface area contributed by atoms with Crippen molar-refractivity contribution < 1.29 is 9.59 Å². The molecule has 2 amide bonds. The Morgan fingerprint density at radius 1 is 1.28 bits per heavy atom. The molecule has 150 valence electrons. The van der Waals surface area contributed by atoms with E-state index in [2.05, 4.69) is 26.8 Å². The van der Waals surface area contributed by atoms with Crippen LogP contribution in [0.3, 0.4) is 0 Å². The van der Waals surface area contributed by atoms with E-state index in [0.717, 1.165) is 18.7 Å². The van der Waals surface area contributed by atoms with Gasteiger partial charge in [0.15, 0.2) is 5.82 Å². The second-order valence-electron chi connectivity index (χ2n) is 6.90. The van der Waals surface area contributed by atoms with Crippen LogP contribution < -0.4 is 5.32 Å². The van der Waals surface area contributed by atoms with E-state index in [4.69, 9.17) is 0 Å². The highest BCUT2D eigenvalue weighted by atomic mass is 32.1. The molecule has 8 heteroatoms. The molecular weight excluding hydrogens is 386 g/mol. The lowest BCUT2D eigenvalue weighted by atomic mass is 10.1. The van der Waals surface area contributed by atoms with E-state index in [1.807, 2.05) is 30.0 Å². The average molecular weight is 410 g/mol. The van der Waals surface area contributed by atoms with E-state index in [-0.39, 0.29) is 11.8 Å². The van der Waals surface area contributed by atoms with E-state index in [9.17, 15) is 9.59 Å². The van der Waals surface area contributed by atoms with Crippen LogP contribution in [0.4, 0.5) is 0 Å². The maximum absolute atomic E-state index is 12.6. The summed E-state index contributed by atoms with van der Waals surface area (Å²) < 4.78 is 1.69. The van der Waals surface area contributed by atoms with Crippen LogP contribution in [0.5, 0.6) is 0 Å². The van der Waals surface area contributed by atoms with Gasteiger partial charge >= 0.3 is 0 Å². The molecule has 0 aliphatic carbocycles. The largest absolute Gasteiger partial charge is 0.351 e. The van der Waals surface area contributed by atoms with Gasteiger partial charge in [-0.25, -0.2) is 9.67 Å². The smallest absolute Gasteiger partial charge is 0.254 e. The first-order valence-corrected chi connectivity index (χ1v) is 10.6. The van der Waals surface area contributed by atoms with Crippen molar-refractivity contribution in [2.24, 2.45) is 0 Å². The monoisotopic (exact) mass is 409 g/mol. The van der Waals surface area contributed by atoms with Crippen LogP contribution in [-0.2, 0) is 24.2 Å². The average Bonchev–Trinajstić information content (AvgIpc) is 3.40. The standard InChI is InChI=1S/C21H23N5O2S/c1-2-17-16(13-24-26(17)19-5-3-4-9-22-19)21(28)23-10-6-20(27)25-11-7-18-15(14-25)8-12-29-18/h3-5,8-9,12-13H,2,6-7,10-11,14H2,1H3,(H,23,28). The molecule has 1 N–H and O–H groups in total. The third-order valence-corrected chi connectivity index (χ3v) is 6.12. The number of aromatic nitrogens is 3.